The molecular formula is C13H10F3N3O. The Bertz CT molecular complexity index is 641. The van der Waals surface area contributed by atoms with E-state index in [1.54, 1.807) is 0 Å². The number of benzene rings is 1. The van der Waals surface area contributed by atoms with Crippen molar-refractivity contribution in [1.29, 1.82) is 0 Å². The molecule has 3 N–H and O–H groups in total. The third-order valence-corrected chi connectivity index (χ3v) is 2.48. The van der Waals surface area contributed by atoms with Crippen LogP contribution in [-0.2, 0) is 6.18 Å². The summed E-state index contributed by atoms with van der Waals surface area (Å²) in [6.45, 7) is 0. The van der Waals surface area contributed by atoms with Crippen LogP contribution < -0.4 is 11.1 Å². The molecule has 0 bridgehead atoms. The van der Waals surface area contributed by atoms with Gasteiger partial charge in [-0.3, -0.25) is 4.79 Å². The van der Waals surface area contributed by atoms with Gasteiger partial charge in [0.1, 0.15) is 5.82 Å². The Kier molecular flexibility index (Phi) is 3.60. The maximum atomic E-state index is 12.6. The first-order chi connectivity index (χ1) is 9.36. The number of anilines is 2. The van der Waals surface area contributed by atoms with E-state index in [0.717, 1.165) is 12.1 Å². The molecule has 0 atom stereocenters. The first-order valence-corrected chi connectivity index (χ1v) is 5.56. The summed E-state index contributed by atoms with van der Waals surface area (Å²) in [4.78, 5) is 15.7. The third kappa shape index (κ3) is 3.25. The summed E-state index contributed by atoms with van der Waals surface area (Å²) in [5.41, 5.74) is 4.91. The molecule has 0 saturated carbocycles. The fraction of sp³-hybridized carbons (Fsp3) is 0.0769. The Morgan fingerprint density at radius 1 is 1.20 bits per heavy atom. The van der Waals surface area contributed by atoms with Crippen molar-refractivity contribution in [3.05, 3.63) is 53.7 Å². The summed E-state index contributed by atoms with van der Waals surface area (Å²) in [5, 5.41) is 2.38. The number of carbonyl (C=O) groups excluding carboxylic acids is 1. The summed E-state index contributed by atoms with van der Waals surface area (Å²) in [6.07, 6.45) is -3.11. The van der Waals surface area contributed by atoms with E-state index in [-0.39, 0.29) is 11.4 Å². The van der Waals surface area contributed by atoms with Crippen LogP contribution in [0.1, 0.15) is 15.9 Å². The topological polar surface area (TPSA) is 68.0 Å². The van der Waals surface area contributed by atoms with Crippen LogP contribution in [0.2, 0.25) is 0 Å². The van der Waals surface area contributed by atoms with E-state index in [1.165, 1.54) is 30.5 Å². The molecule has 7 heteroatoms. The van der Waals surface area contributed by atoms with Crippen molar-refractivity contribution in [3.8, 4) is 0 Å². The highest BCUT2D eigenvalue weighted by Crippen LogP contribution is 2.29. The molecule has 20 heavy (non-hydrogen) atoms. The fourth-order valence-corrected chi connectivity index (χ4v) is 1.54. The van der Waals surface area contributed by atoms with E-state index in [2.05, 4.69) is 10.3 Å². The number of nitrogen functional groups attached to an aromatic ring is 1. The Morgan fingerprint density at radius 2 is 1.95 bits per heavy atom. The first-order valence-electron chi connectivity index (χ1n) is 5.56. The monoisotopic (exact) mass is 281 g/mol. The summed E-state index contributed by atoms with van der Waals surface area (Å²) in [6, 6.07) is 7.07. The lowest BCUT2D eigenvalue weighted by molar-refractivity contribution is -0.137. The Morgan fingerprint density at radius 3 is 2.60 bits per heavy atom. The van der Waals surface area contributed by atoms with Crippen LogP contribution in [0, 0.1) is 0 Å². The Hall–Kier alpha value is -2.57. The predicted octanol–water partition coefficient (Wildman–Crippen LogP) is 2.93. The van der Waals surface area contributed by atoms with Crippen molar-refractivity contribution in [2.45, 2.75) is 6.18 Å². The molecule has 0 aliphatic rings. The van der Waals surface area contributed by atoms with Gasteiger partial charge in [0.05, 0.1) is 5.56 Å². The van der Waals surface area contributed by atoms with Crippen molar-refractivity contribution in [3.63, 3.8) is 0 Å². The number of alkyl halides is 3. The maximum absolute atomic E-state index is 12.6. The summed E-state index contributed by atoms with van der Waals surface area (Å²) < 4.78 is 37.7. The van der Waals surface area contributed by atoms with Gasteiger partial charge in [0.2, 0.25) is 0 Å². The van der Waals surface area contributed by atoms with Crippen molar-refractivity contribution < 1.29 is 18.0 Å². The van der Waals surface area contributed by atoms with Crippen LogP contribution in [-0.4, -0.2) is 10.9 Å². The molecule has 2 rings (SSSR count). The maximum Gasteiger partial charge on any atom is 0.416 e. The van der Waals surface area contributed by atoms with Gasteiger partial charge in [-0.1, -0.05) is 6.07 Å². The lowest BCUT2D eigenvalue weighted by Crippen LogP contribution is -2.14. The number of nitrogens with two attached hydrogens (primary N) is 1. The molecule has 1 aromatic carbocycles. The molecule has 1 aromatic heterocycles. The SMILES string of the molecule is Nc1ccnc(NC(=O)c2cccc(C(F)(F)F)c2)c1. The normalized spacial score (nSPS) is 11.2. The van der Waals surface area contributed by atoms with Crippen LogP contribution in [0.4, 0.5) is 24.7 Å². The van der Waals surface area contributed by atoms with Crippen LogP contribution in [0.5, 0.6) is 0 Å². The number of amides is 1. The predicted molar refractivity (Wildman–Crippen MR) is 68.0 cm³/mol. The number of nitrogens with one attached hydrogen (secondary N) is 1. The molecule has 0 unspecified atom stereocenters. The van der Waals surface area contributed by atoms with E-state index in [9.17, 15) is 18.0 Å². The number of hydrogen-bond acceptors (Lipinski definition) is 3. The minimum atomic E-state index is -4.49. The van der Waals surface area contributed by atoms with Gasteiger partial charge in [0, 0.05) is 23.5 Å². The largest absolute Gasteiger partial charge is 0.416 e. The smallest absolute Gasteiger partial charge is 0.399 e. The number of pyridine rings is 1. The molecule has 0 aliphatic heterocycles. The zero-order valence-electron chi connectivity index (χ0n) is 10.1. The second-order valence-electron chi connectivity index (χ2n) is 4.01. The van der Waals surface area contributed by atoms with Gasteiger partial charge in [-0.2, -0.15) is 13.2 Å². The van der Waals surface area contributed by atoms with Gasteiger partial charge in [-0.05, 0) is 24.3 Å². The van der Waals surface area contributed by atoms with Gasteiger partial charge in [-0.15, -0.1) is 0 Å². The van der Waals surface area contributed by atoms with Crippen LogP contribution >= 0.6 is 0 Å². The third-order valence-electron chi connectivity index (χ3n) is 2.48. The number of hydrogen-bond donors (Lipinski definition) is 2. The number of aromatic nitrogens is 1. The number of rotatable bonds is 2. The van der Waals surface area contributed by atoms with E-state index >= 15 is 0 Å². The fourth-order valence-electron chi connectivity index (χ4n) is 1.54. The van der Waals surface area contributed by atoms with Gasteiger partial charge >= 0.3 is 6.18 Å². The molecule has 0 radical (unpaired) electrons. The van der Waals surface area contributed by atoms with Crippen molar-refractivity contribution in [1.82, 2.24) is 4.98 Å². The number of carbonyl (C=O) groups is 1. The van der Waals surface area contributed by atoms with E-state index in [1.807, 2.05) is 0 Å². The first kappa shape index (κ1) is 13.9. The second-order valence-corrected chi connectivity index (χ2v) is 4.01. The zero-order valence-corrected chi connectivity index (χ0v) is 10.1. The number of halogens is 3. The molecule has 2 aromatic rings. The quantitative estimate of drug-likeness (QED) is 0.889. The number of nitrogens with zero attached hydrogens (tertiary/aromatic N) is 1. The standard InChI is InChI=1S/C13H10F3N3O/c14-13(15,16)9-3-1-2-8(6-9)12(20)19-11-7-10(17)4-5-18-11/h1-7H,(H3,17,18,19,20). The van der Waals surface area contributed by atoms with E-state index in [0.29, 0.717) is 5.69 Å². The van der Waals surface area contributed by atoms with Crippen LogP contribution in [0.25, 0.3) is 0 Å². The summed E-state index contributed by atoms with van der Waals surface area (Å²) in [7, 11) is 0. The molecule has 104 valence electrons. The molecule has 0 fully saturated rings. The highest BCUT2D eigenvalue weighted by atomic mass is 19.4. The van der Waals surface area contributed by atoms with Gasteiger partial charge in [0.15, 0.2) is 0 Å². The van der Waals surface area contributed by atoms with Gasteiger partial charge in [0.25, 0.3) is 5.91 Å². The molecule has 0 aliphatic carbocycles. The van der Waals surface area contributed by atoms with E-state index < -0.39 is 17.6 Å². The molecule has 0 saturated heterocycles. The summed E-state index contributed by atoms with van der Waals surface area (Å²) in [5.74, 6) is -0.512. The van der Waals surface area contributed by atoms with E-state index in [4.69, 9.17) is 5.73 Å². The molecular weight excluding hydrogens is 271 g/mol. The minimum absolute atomic E-state index is 0.107. The highest BCUT2D eigenvalue weighted by molar-refractivity contribution is 6.04. The highest BCUT2D eigenvalue weighted by Gasteiger charge is 2.30. The second kappa shape index (κ2) is 5.20. The Labute approximate surface area is 112 Å². The Balaban J connectivity index is 2.22. The lowest BCUT2D eigenvalue weighted by Gasteiger charge is -2.09. The average Bonchev–Trinajstić information content (AvgIpc) is 2.38. The van der Waals surface area contributed by atoms with Crippen LogP contribution in [0.15, 0.2) is 42.6 Å². The molecule has 1 heterocycles. The van der Waals surface area contributed by atoms with Gasteiger partial charge in [-0.25, -0.2) is 4.98 Å². The molecule has 1 amide bonds. The minimum Gasteiger partial charge on any atom is -0.399 e. The summed E-state index contributed by atoms with van der Waals surface area (Å²) >= 11 is 0. The zero-order chi connectivity index (χ0) is 14.8. The van der Waals surface area contributed by atoms with Crippen molar-refractivity contribution >= 4 is 17.4 Å². The molecule has 4 nitrogen and oxygen atoms in total. The van der Waals surface area contributed by atoms with Crippen molar-refractivity contribution in [2.24, 2.45) is 0 Å². The average molecular weight is 281 g/mol. The molecule has 0 spiro atoms. The van der Waals surface area contributed by atoms with Crippen LogP contribution in [0.3, 0.4) is 0 Å². The van der Waals surface area contributed by atoms with Crippen molar-refractivity contribution in [2.75, 3.05) is 11.1 Å². The van der Waals surface area contributed by atoms with Gasteiger partial charge < -0.3 is 11.1 Å². The lowest BCUT2D eigenvalue weighted by atomic mass is 10.1.